The van der Waals surface area contributed by atoms with Gasteiger partial charge in [-0.2, -0.15) is 0 Å². The van der Waals surface area contributed by atoms with Crippen LogP contribution in [0.2, 0.25) is 0 Å². The molecule has 1 aliphatic heterocycles. The van der Waals surface area contributed by atoms with Gasteiger partial charge in [0.25, 0.3) is 6.43 Å². The summed E-state index contributed by atoms with van der Waals surface area (Å²) in [6.45, 7) is 4.86. The Kier molecular flexibility index (Phi) is 5.00. The lowest BCUT2D eigenvalue weighted by atomic mass is 10.1. The number of hydrogen-bond acceptors (Lipinski definition) is 2. The summed E-state index contributed by atoms with van der Waals surface area (Å²) >= 11 is 0. The third-order valence-electron chi connectivity index (χ3n) is 2.85. The highest BCUT2D eigenvalue weighted by molar-refractivity contribution is 4.92. The van der Waals surface area contributed by atoms with Crippen LogP contribution in [0, 0.1) is 12.3 Å². The SMILES string of the molecule is C#CCN1CCN(CC(F)F)[C@@H](CC)C1. The zero-order chi connectivity index (χ0) is 11.3. The van der Waals surface area contributed by atoms with E-state index >= 15 is 0 Å². The third-order valence-corrected chi connectivity index (χ3v) is 2.85. The lowest BCUT2D eigenvalue weighted by molar-refractivity contribution is 0.0230. The topological polar surface area (TPSA) is 6.48 Å². The lowest BCUT2D eigenvalue weighted by Gasteiger charge is -2.40. The highest BCUT2D eigenvalue weighted by atomic mass is 19.3. The Balaban J connectivity index is 2.46. The van der Waals surface area contributed by atoms with E-state index in [2.05, 4.69) is 10.8 Å². The van der Waals surface area contributed by atoms with E-state index in [0.29, 0.717) is 13.1 Å². The Bertz CT molecular complexity index is 225. The van der Waals surface area contributed by atoms with Gasteiger partial charge in [-0.05, 0) is 6.42 Å². The van der Waals surface area contributed by atoms with Gasteiger partial charge >= 0.3 is 0 Å². The fourth-order valence-electron chi connectivity index (χ4n) is 2.03. The first kappa shape index (κ1) is 12.4. The first-order valence-electron chi connectivity index (χ1n) is 5.35. The van der Waals surface area contributed by atoms with Crippen LogP contribution in [0.1, 0.15) is 13.3 Å². The Labute approximate surface area is 90.2 Å². The van der Waals surface area contributed by atoms with Crippen molar-refractivity contribution in [3.8, 4) is 12.3 Å². The van der Waals surface area contributed by atoms with E-state index in [1.165, 1.54) is 0 Å². The molecule has 1 atom stereocenters. The smallest absolute Gasteiger partial charge is 0.251 e. The minimum Gasteiger partial charge on any atom is -0.292 e. The average Bonchev–Trinajstić information content (AvgIpc) is 2.20. The molecule has 15 heavy (non-hydrogen) atoms. The van der Waals surface area contributed by atoms with Crippen LogP contribution >= 0.6 is 0 Å². The molecule has 0 saturated carbocycles. The Morgan fingerprint density at radius 2 is 2.20 bits per heavy atom. The van der Waals surface area contributed by atoms with E-state index in [1.807, 2.05) is 11.8 Å². The molecule has 4 heteroatoms. The molecule has 0 aromatic carbocycles. The lowest BCUT2D eigenvalue weighted by Crippen LogP contribution is -2.53. The second-order valence-corrected chi connectivity index (χ2v) is 3.89. The van der Waals surface area contributed by atoms with Gasteiger partial charge < -0.3 is 0 Å². The zero-order valence-electron chi connectivity index (χ0n) is 9.13. The van der Waals surface area contributed by atoms with Gasteiger partial charge in [0.1, 0.15) is 0 Å². The Morgan fingerprint density at radius 1 is 1.47 bits per heavy atom. The van der Waals surface area contributed by atoms with Crippen LogP contribution < -0.4 is 0 Å². The predicted octanol–water partition coefficient (Wildman–Crippen LogP) is 1.28. The third kappa shape index (κ3) is 3.77. The molecule has 1 fully saturated rings. The highest BCUT2D eigenvalue weighted by Crippen LogP contribution is 2.14. The van der Waals surface area contributed by atoms with Crippen LogP contribution in [0.4, 0.5) is 8.78 Å². The molecule has 1 saturated heterocycles. The van der Waals surface area contributed by atoms with E-state index in [9.17, 15) is 8.78 Å². The van der Waals surface area contributed by atoms with Gasteiger partial charge in [-0.25, -0.2) is 8.78 Å². The fourth-order valence-corrected chi connectivity index (χ4v) is 2.03. The number of nitrogens with zero attached hydrogens (tertiary/aromatic N) is 2. The van der Waals surface area contributed by atoms with Crippen molar-refractivity contribution < 1.29 is 8.78 Å². The first-order valence-corrected chi connectivity index (χ1v) is 5.35. The molecule has 0 spiro atoms. The molecule has 1 aliphatic rings. The summed E-state index contributed by atoms with van der Waals surface area (Å²) in [5, 5.41) is 0. The van der Waals surface area contributed by atoms with Crippen molar-refractivity contribution in [1.82, 2.24) is 9.80 Å². The van der Waals surface area contributed by atoms with Crippen molar-refractivity contribution in [2.45, 2.75) is 25.8 Å². The second kappa shape index (κ2) is 6.04. The predicted molar refractivity (Wildman–Crippen MR) is 56.9 cm³/mol. The van der Waals surface area contributed by atoms with E-state index < -0.39 is 6.43 Å². The summed E-state index contributed by atoms with van der Waals surface area (Å²) < 4.78 is 24.6. The van der Waals surface area contributed by atoms with Gasteiger partial charge in [-0.15, -0.1) is 6.42 Å². The molecule has 2 nitrogen and oxygen atoms in total. The maximum absolute atomic E-state index is 12.3. The number of terminal acetylenes is 1. The highest BCUT2D eigenvalue weighted by Gasteiger charge is 2.26. The van der Waals surface area contributed by atoms with Gasteiger partial charge in [0, 0.05) is 25.7 Å². The molecule has 0 aromatic rings. The van der Waals surface area contributed by atoms with Crippen molar-refractivity contribution in [3.63, 3.8) is 0 Å². The average molecular weight is 216 g/mol. The van der Waals surface area contributed by atoms with Gasteiger partial charge in [0.2, 0.25) is 0 Å². The van der Waals surface area contributed by atoms with E-state index in [0.717, 1.165) is 19.5 Å². The van der Waals surface area contributed by atoms with Crippen LogP contribution in [0.3, 0.4) is 0 Å². The standard InChI is InChI=1S/C11H18F2N2/c1-3-5-14-6-7-15(9-11(12)13)10(4-2)8-14/h1,10-11H,4-9H2,2H3/t10-/m0/s1. The molecule has 0 radical (unpaired) electrons. The number of piperazine rings is 1. The van der Waals surface area contributed by atoms with E-state index in [4.69, 9.17) is 6.42 Å². The van der Waals surface area contributed by atoms with Gasteiger partial charge in [-0.3, -0.25) is 9.80 Å². The maximum atomic E-state index is 12.3. The van der Waals surface area contributed by atoms with E-state index in [-0.39, 0.29) is 12.6 Å². The normalized spacial score (nSPS) is 24.3. The maximum Gasteiger partial charge on any atom is 0.251 e. The molecule has 0 unspecified atom stereocenters. The summed E-state index contributed by atoms with van der Waals surface area (Å²) in [5.41, 5.74) is 0. The molecule has 1 rings (SSSR count). The molecule has 86 valence electrons. The van der Waals surface area contributed by atoms with Gasteiger partial charge in [0.05, 0.1) is 13.1 Å². The quantitative estimate of drug-likeness (QED) is 0.653. The van der Waals surface area contributed by atoms with Crippen molar-refractivity contribution in [2.24, 2.45) is 0 Å². The van der Waals surface area contributed by atoms with Crippen LogP contribution in [-0.2, 0) is 0 Å². The van der Waals surface area contributed by atoms with Crippen molar-refractivity contribution in [2.75, 3.05) is 32.7 Å². The molecular weight excluding hydrogens is 198 g/mol. The minimum absolute atomic E-state index is 0.109. The van der Waals surface area contributed by atoms with Crippen molar-refractivity contribution in [3.05, 3.63) is 0 Å². The first-order chi connectivity index (χ1) is 7.17. The molecule has 0 N–H and O–H groups in total. The summed E-state index contributed by atoms with van der Waals surface area (Å²) in [7, 11) is 0. The van der Waals surface area contributed by atoms with Gasteiger partial charge in [0.15, 0.2) is 0 Å². The largest absolute Gasteiger partial charge is 0.292 e. The summed E-state index contributed by atoms with van der Waals surface area (Å²) in [4.78, 5) is 4.02. The summed E-state index contributed by atoms with van der Waals surface area (Å²) in [5.74, 6) is 2.60. The molecule has 0 aliphatic carbocycles. The number of halogens is 2. The van der Waals surface area contributed by atoms with Crippen molar-refractivity contribution in [1.29, 1.82) is 0 Å². The molecule has 0 amide bonds. The van der Waals surface area contributed by atoms with Crippen LogP contribution in [0.15, 0.2) is 0 Å². The monoisotopic (exact) mass is 216 g/mol. The Morgan fingerprint density at radius 3 is 2.73 bits per heavy atom. The Hall–Kier alpha value is -0.660. The van der Waals surface area contributed by atoms with Crippen LogP contribution in [0.5, 0.6) is 0 Å². The molecular formula is C11H18F2N2. The van der Waals surface area contributed by atoms with E-state index in [1.54, 1.807) is 0 Å². The van der Waals surface area contributed by atoms with Gasteiger partial charge in [-0.1, -0.05) is 12.8 Å². The van der Waals surface area contributed by atoms with Crippen molar-refractivity contribution >= 4 is 0 Å². The number of rotatable bonds is 4. The number of hydrogen-bond donors (Lipinski definition) is 0. The molecule has 1 heterocycles. The zero-order valence-corrected chi connectivity index (χ0v) is 9.13. The minimum atomic E-state index is -2.24. The molecule has 0 bridgehead atoms. The van der Waals surface area contributed by atoms with Crippen LogP contribution in [-0.4, -0.2) is 55.0 Å². The summed E-state index contributed by atoms with van der Waals surface area (Å²) in [6.07, 6.45) is 3.90. The van der Waals surface area contributed by atoms with Crippen LogP contribution in [0.25, 0.3) is 0 Å². The molecule has 0 aromatic heterocycles. The second-order valence-electron chi connectivity index (χ2n) is 3.89. The summed E-state index contributed by atoms with van der Waals surface area (Å²) in [6, 6.07) is 0.223. The number of alkyl halides is 2. The fraction of sp³-hybridized carbons (Fsp3) is 0.818.